The molecule has 1 aliphatic heterocycles. The second-order valence-corrected chi connectivity index (χ2v) is 3.68. The Kier molecular flexibility index (Phi) is 2.89. The number of anilines is 3. The molecule has 1 aliphatic rings. The molecule has 0 spiro atoms. The van der Waals surface area contributed by atoms with Gasteiger partial charge >= 0.3 is 0 Å². The maximum absolute atomic E-state index is 6.02. The van der Waals surface area contributed by atoms with Crippen LogP contribution in [-0.4, -0.2) is 29.6 Å². The van der Waals surface area contributed by atoms with E-state index in [9.17, 15) is 0 Å². The molecule has 3 N–H and O–H groups in total. The quantitative estimate of drug-likeness (QED) is 0.776. The van der Waals surface area contributed by atoms with Crippen LogP contribution >= 0.6 is 0 Å². The summed E-state index contributed by atoms with van der Waals surface area (Å²) in [5.74, 6) is 1.62. The van der Waals surface area contributed by atoms with Crippen LogP contribution in [0.15, 0.2) is 6.33 Å². The summed E-state index contributed by atoms with van der Waals surface area (Å²) in [4.78, 5) is 10.6. The molecule has 0 amide bonds. The first-order valence-electron chi connectivity index (χ1n) is 5.42. The SMILES string of the molecule is CCNc1ncnc(N2CCCC2)c1N. The largest absolute Gasteiger partial charge is 0.393 e. The lowest BCUT2D eigenvalue weighted by Gasteiger charge is -2.19. The number of nitrogens with one attached hydrogen (secondary N) is 1. The fourth-order valence-corrected chi connectivity index (χ4v) is 1.88. The number of nitrogens with two attached hydrogens (primary N) is 1. The minimum Gasteiger partial charge on any atom is -0.393 e. The first kappa shape index (κ1) is 10.0. The number of nitrogen functional groups attached to an aromatic ring is 1. The maximum atomic E-state index is 6.02. The van der Waals surface area contributed by atoms with Crippen LogP contribution in [-0.2, 0) is 0 Å². The molecule has 1 saturated heterocycles. The molecule has 5 heteroatoms. The van der Waals surface area contributed by atoms with Crippen LogP contribution in [0.3, 0.4) is 0 Å². The van der Waals surface area contributed by atoms with Gasteiger partial charge in [0.05, 0.1) is 0 Å². The second-order valence-electron chi connectivity index (χ2n) is 3.68. The summed E-state index contributed by atoms with van der Waals surface area (Å²) >= 11 is 0. The van der Waals surface area contributed by atoms with E-state index >= 15 is 0 Å². The van der Waals surface area contributed by atoms with Gasteiger partial charge in [-0.15, -0.1) is 0 Å². The molecule has 2 rings (SSSR count). The van der Waals surface area contributed by atoms with Crippen LogP contribution < -0.4 is 16.0 Å². The Balaban J connectivity index is 2.26. The minimum atomic E-state index is 0.668. The lowest BCUT2D eigenvalue weighted by molar-refractivity contribution is 0.929. The van der Waals surface area contributed by atoms with Gasteiger partial charge in [-0.05, 0) is 19.8 Å². The normalized spacial score (nSPS) is 15.7. The average molecular weight is 207 g/mol. The van der Waals surface area contributed by atoms with E-state index in [4.69, 9.17) is 5.73 Å². The van der Waals surface area contributed by atoms with E-state index in [2.05, 4.69) is 20.2 Å². The van der Waals surface area contributed by atoms with Crippen molar-refractivity contribution in [1.82, 2.24) is 9.97 Å². The number of rotatable bonds is 3. The van der Waals surface area contributed by atoms with Crippen molar-refractivity contribution in [3.05, 3.63) is 6.33 Å². The molecule has 0 bridgehead atoms. The second kappa shape index (κ2) is 4.33. The molecule has 1 aromatic rings. The van der Waals surface area contributed by atoms with Crippen molar-refractivity contribution in [2.75, 3.05) is 35.6 Å². The topological polar surface area (TPSA) is 67.1 Å². The lowest BCUT2D eigenvalue weighted by Crippen LogP contribution is -2.21. The molecule has 1 aromatic heterocycles. The van der Waals surface area contributed by atoms with Crippen molar-refractivity contribution < 1.29 is 0 Å². The summed E-state index contributed by atoms with van der Waals surface area (Å²) in [6, 6.07) is 0. The predicted octanol–water partition coefficient (Wildman–Crippen LogP) is 1.09. The van der Waals surface area contributed by atoms with Crippen LogP contribution in [0.5, 0.6) is 0 Å². The van der Waals surface area contributed by atoms with Crippen molar-refractivity contribution in [2.24, 2.45) is 0 Å². The predicted molar refractivity (Wildman–Crippen MR) is 62.1 cm³/mol. The molecule has 0 atom stereocenters. The molecule has 15 heavy (non-hydrogen) atoms. The average Bonchev–Trinajstić information content (AvgIpc) is 2.74. The Morgan fingerprint density at radius 2 is 2.13 bits per heavy atom. The molecule has 0 aliphatic carbocycles. The summed E-state index contributed by atoms with van der Waals surface area (Å²) in [5.41, 5.74) is 6.69. The van der Waals surface area contributed by atoms with Crippen LogP contribution in [0.25, 0.3) is 0 Å². The van der Waals surface area contributed by atoms with Gasteiger partial charge in [0.2, 0.25) is 0 Å². The fraction of sp³-hybridized carbons (Fsp3) is 0.600. The molecule has 82 valence electrons. The Hall–Kier alpha value is -1.52. The summed E-state index contributed by atoms with van der Waals surface area (Å²) in [5, 5.41) is 3.14. The standard InChI is InChI=1S/C10H17N5/c1-2-12-9-8(11)10(14-7-13-9)15-5-3-4-6-15/h7H,2-6,11H2,1H3,(H,12,13,14). The van der Waals surface area contributed by atoms with E-state index in [1.54, 1.807) is 6.33 Å². The van der Waals surface area contributed by atoms with E-state index < -0.39 is 0 Å². The first-order valence-corrected chi connectivity index (χ1v) is 5.42. The highest BCUT2D eigenvalue weighted by molar-refractivity contribution is 5.74. The number of aromatic nitrogens is 2. The van der Waals surface area contributed by atoms with E-state index in [1.165, 1.54) is 12.8 Å². The molecular formula is C10H17N5. The third-order valence-electron chi connectivity index (χ3n) is 2.61. The van der Waals surface area contributed by atoms with Gasteiger partial charge in [0, 0.05) is 19.6 Å². The number of hydrogen-bond donors (Lipinski definition) is 2. The van der Waals surface area contributed by atoms with Crippen LogP contribution in [0.2, 0.25) is 0 Å². The number of nitrogens with zero attached hydrogens (tertiary/aromatic N) is 3. The van der Waals surface area contributed by atoms with Gasteiger partial charge in [-0.25, -0.2) is 9.97 Å². The molecule has 0 radical (unpaired) electrons. The zero-order valence-electron chi connectivity index (χ0n) is 9.03. The summed E-state index contributed by atoms with van der Waals surface area (Å²) in [6.45, 7) is 4.94. The third kappa shape index (κ3) is 1.95. The molecule has 0 aromatic carbocycles. The Labute approximate surface area is 89.7 Å². The van der Waals surface area contributed by atoms with Crippen molar-refractivity contribution in [2.45, 2.75) is 19.8 Å². The fourth-order valence-electron chi connectivity index (χ4n) is 1.88. The molecule has 1 fully saturated rings. The highest BCUT2D eigenvalue weighted by Crippen LogP contribution is 2.28. The molecule has 2 heterocycles. The Morgan fingerprint density at radius 1 is 1.40 bits per heavy atom. The monoisotopic (exact) mass is 207 g/mol. The zero-order valence-corrected chi connectivity index (χ0v) is 9.03. The highest BCUT2D eigenvalue weighted by atomic mass is 15.2. The van der Waals surface area contributed by atoms with E-state index in [-0.39, 0.29) is 0 Å². The summed E-state index contributed by atoms with van der Waals surface area (Å²) < 4.78 is 0. The van der Waals surface area contributed by atoms with E-state index in [1.807, 2.05) is 6.92 Å². The molecule has 5 nitrogen and oxygen atoms in total. The lowest BCUT2D eigenvalue weighted by atomic mass is 10.4. The van der Waals surface area contributed by atoms with E-state index in [0.717, 1.165) is 31.3 Å². The van der Waals surface area contributed by atoms with Gasteiger partial charge in [0.25, 0.3) is 0 Å². The molecule has 0 saturated carbocycles. The van der Waals surface area contributed by atoms with Gasteiger partial charge in [-0.2, -0.15) is 0 Å². The van der Waals surface area contributed by atoms with E-state index in [0.29, 0.717) is 5.69 Å². The Bertz CT molecular complexity index is 333. The van der Waals surface area contributed by atoms with Crippen LogP contribution in [0, 0.1) is 0 Å². The third-order valence-corrected chi connectivity index (χ3v) is 2.61. The highest BCUT2D eigenvalue weighted by Gasteiger charge is 2.17. The smallest absolute Gasteiger partial charge is 0.157 e. The van der Waals surface area contributed by atoms with Gasteiger partial charge < -0.3 is 16.0 Å². The van der Waals surface area contributed by atoms with Crippen molar-refractivity contribution in [1.29, 1.82) is 0 Å². The van der Waals surface area contributed by atoms with Crippen molar-refractivity contribution >= 4 is 17.3 Å². The number of hydrogen-bond acceptors (Lipinski definition) is 5. The Morgan fingerprint density at radius 3 is 2.80 bits per heavy atom. The van der Waals surface area contributed by atoms with Gasteiger partial charge in [0.1, 0.15) is 12.0 Å². The summed E-state index contributed by atoms with van der Waals surface area (Å²) in [6.07, 6.45) is 4.02. The van der Waals surface area contributed by atoms with Gasteiger partial charge in [-0.3, -0.25) is 0 Å². The molecular weight excluding hydrogens is 190 g/mol. The van der Waals surface area contributed by atoms with Gasteiger partial charge in [-0.1, -0.05) is 0 Å². The maximum Gasteiger partial charge on any atom is 0.157 e. The molecule has 0 unspecified atom stereocenters. The van der Waals surface area contributed by atoms with Crippen molar-refractivity contribution in [3.8, 4) is 0 Å². The van der Waals surface area contributed by atoms with Crippen LogP contribution in [0.1, 0.15) is 19.8 Å². The van der Waals surface area contributed by atoms with Crippen LogP contribution in [0.4, 0.5) is 17.3 Å². The zero-order chi connectivity index (χ0) is 10.7. The van der Waals surface area contributed by atoms with Crippen molar-refractivity contribution in [3.63, 3.8) is 0 Å². The first-order chi connectivity index (χ1) is 7.33. The van der Waals surface area contributed by atoms with Gasteiger partial charge in [0.15, 0.2) is 11.6 Å². The summed E-state index contributed by atoms with van der Waals surface area (Å²) in [7, 11) is 0. The minimum absolute atomic E-state index is 0.668.